The summed E-state index contributed by atoms with van der Waals surface area (Å²) in [6, 6.07) is 9.53. The maximum Gasteiger partial charge on any atom is 0.280 e. The van der Waals surface area contributed by atoms with E-state index in [1.54, 1.807) is 6.07 Å². The minimum absolute atomic E-state index is 0.0165. The molecule has 1 aliphatic rings. The van der Waals surface area contributed by atoms with Crippen LogP contribution in [0.1, 0.15) is 57.1 Å². The topological polar surface area (TPSA) is 96.4 Å². The van der Waals surface area contributed by atoms with Gasteiger partial charge in [-0.15, -0.1) is 11.3 Å². The minimum Gasteiger partial charge on any atom is -0.268 e. The third-order valence-corrected chi connectivity index (χ3v) is 7.68. The molecule has 0 aliphatic carbocycles. The Hall–Kier alpha value is -2.95. The molecule has 2 aromatic heterocycles. The summed E-state index contributed by atoms with van der Waals surface area (Å²) in [4.78, 5) is 30.8. The summed E-state index contributed by atoms with van der Waals surface area (Å²) in [6.45, 7) is 1.63. The predicted molar refractivity (Wildman–Crippen MR) is 117 cm³/mol. The molecule has 3 heterocycles. The molecule has 0 fully saturated rings. The fourth-order valence-corrected chi connectivity index (χ4v) is 6.00. The van der Waals surface area contributed by atoms with Crippen molar-refractivity contribution in [1.82, 2.24) is 14.6 Å². The van der Waals surface area contributed by atoms with E-state index in [0.717, 1.165) is 28.3 Å². The Balaban J connectivity index is 1.67. The molecular weight excluding hydrogens is 453 g/mol. The van der Waals surface area contributed by atoms with Crippen molar-refractivity contribution < 1.29 is 22.4 Å². The van der Waals surface area contributed by atoms with Crippen LogP contribution in [0, 0.1) is 5.82 Å². The number of halogens is 1. The first-order valence-electron chi connectivity index (χ1n) is 9.97. The van der Waals surface area contributed by atoms with Gasteiger partial charge in [0.1, 0.15) is 11.5 Å². The van der Waals surface area contributed by atoms with E-state index < -0.39 is 33.7 Å². The van der Waals surface area contributed by atoms with Crippen molar-refractivity contribution in [2.75, 3.05) is 0 Å². The fraction of sp³-hybridized carbons (Fsp3) is 0.227. The maximum atomic E-state index is 14.1. The minimum atomic E-state index is -4.15. The SMILES string of the molecule is CCCC(NS(=O)(=O)c1cc(F)ccc1CN1C(=O)c2cccnc2C1=O)c1cccs1. The fourth-order valence-electron chi connectivity index (χ4n) is 3.63. The molecule has 7 nitrogen and oxygen atoms in total. The van der Waals surface area contributed by atoms with Gasteiger partial charge in [-0.05, 0) is 47.7 Å². The molecule has 0 saturated heterocycles. The molecule has 1 atom stereocenters. The Bertz CT molecular complexity index is 1240. The monoisotopic (exact) mass is 473 g/mol. The van der Waals surface area contributed by atoms with Crippen molar-refractivity contribution in [3.8, 4) is 0 Å². The van der Waals surface area contributed by atoms with Gasteiger partial charge in [-0.25, -0.2) is 17.5 Å². The van der Waals surface area contributed by atoms with Gasteiger partial charge in [0, 0.05) is 11.1 Å². The van der Waals surface area contributed by atoms with E-state index >= 15 is 0 Å². The molecule has 0 saturated carbocycles. The molecule has 1 N–H and O–H groups in total. The lowest BCUT2D eigenvalue weighted by Gasteiger charge is -2.20. The number of imide groups is 1. The molecule has 166 valence electrons. The number of rotatable bonds is 8. The number of nitrogens with one attached hydrogen (secondary N) is 1. The number of nitrogens with zero attached hydrogens (tertiary/aromatic N) is 2. The Labute approximate surface area is 189 Å². The molecule has 1 unspecified atom stereocenters. The van der Waals surface area contributed by atoms with Crippen LogP contribution in [-0.2, 0) is 16.6 Å². The average molecular weight is 474 g/mol. The zero-order valence-corrected chi connectivity index (χ0v) is 18.7. The zero-order valence-electron chi connectivity index (χ0n) is 17.1. The lowest BCUT2D eigenvalue weighted by atomic mass is 10.1. The van der Waals surface area contributed by atoms with Crippen molar-refractivity contribution in [3.05, 3.63) is 81.6 Å². The van der Waals surface area contributed by atoms with Gasteiger partial charge in [-0.1, -0.05) is 25.5 Å². The van der Waals surface area contributed by atoms with Crippen LogP contribution in [-0.4, -0.2) is 30.1 Å². The number of sulfonamides is 1. The van der Waals surface area contributed by atoms with Gasteiger partial charge in [0.05, 0.1) is 23.0 Å². The largest absolute Gasteiger partial charge is 0.280 e. The number of carbonyl (C=O) groups is 2. The first-order chi connectivity index (χ1) is 15.3. The maximum absolute atomic E-state index is 14.1. The number of thiophene rings is 1. The summed E-state index contributed by atoms with van der Waals surface area (Å²) < 4.78 is 43.3. The molecule has 0 spiro atoms. The number of carbonyl (C=O) groups excluding carboxylic acids is 2. The number of amides is 2. The highest BCUT2D eigenvalue weighted by molar-refractivity contribution is 7.89. The zero-order chi connectivity index (χ0) is 22.9. The summed E-state index contributed by atoms with van der Waals surface area (Å²) >= 11 is 1.43. The second-order valence-corrected chi connectivity index (χ2v) is 9.99. The summed E-state index contributed by atoms with van der Waals surface area (Å²) in [5.41, 5.74) is 0.306. The van der Waals surface area contributed by atoms with Crippen molar-refractivity contribution in [3.63, 3.8) is 0 Å². The van der Waals surface area contributed by atoms with Gasteiger partial charge in [-0.2, -0.15) is 0 Å². The van der Waals surface area contributed by atoms with Crippen LogP contribution in [0.3, 0.4) is 0 Å². The smallest absolute Gasteiger partial charge is 0.268 e. The van der Waals surface area contributed by atoms with Crippen LogP contribution < -0.4 is 4.72 Å². The highest BCUT2D eigenvalue weighted by atomic mass is 32.2. The first kappa shape index (κ1) is 22.3. The number of pyridine rings is 1. The van der Waals surface area contributed by atoms with Crippen LogP contribution in [0.15, 0.2) is 58.9 Å². The molecule has 3 aromatic rings. The lowest BCUT2D eigenvalue weighted by molar-refractivity contribution is 0.0639. The highest BCUT2D eigenvalue weighted by Crippen LogP contribution is 2.29. The van der Waals surface area contributed by atoms with Crippen LogP contribution >= 0.6 is 11.3 Å². The third kappa shape index (κ3) is 4.21. The molecular formula is C22H20FN3O4S2. The van der Waals surface area contributed by atoms with Crippen molar-refractivity contribution >= 4 is 33.2 Å². The second kappa shape index (κ2) is 8.89. The van der Waals surface area contributed by atoms with Gasteiger partial charge >= 0.3 is 0 Å². The summed E-state index contributed by atoms with van der Waals surface area (Å²) in [5, 5.41) is 1.86. The number of hydrogen-bond acceptors (Lipinski definition) is 6. The molecule has 1 aromatic carbocycles. The van der Waals surface area contributed by atoms with E-state index in [-0.39, 0.29) is 28.3 Å². The molecule has 1 aliphatic heterocycles. The summed E-state index contributed by atoms with van der Waals surface area (Å²) in [6.07, 6.45) is 2.71. The van der Waals surface area contributed by atoms with E-state index in [2.05, 4.69) is 9.71 Å². The van der Waals surface area contributed by atoms with Crippen LogP contribution in [0.2, 0.25) is 0 Å². The van der Waals surface area contributed by atoms with Crippen molar-refractivity contribution in [1.29, 1.82) is 0 Å². The summed E-state index contributed by atoms with van der Waals surface area (Å²) in [7, 11) is -4.15. The van der Waals surface area contributed by atoms with Gasteiger partial charge in [0.15, 0.2) is 0 Å². The van der Waals surface area contributed by atoms with E-state index in [1.807, 2.05) is 24.4 Å². The Morgan fingerprint density at radius 1 is 1.16 bits per heavy atom. The number of aromatic nitrogens is 1. The van der Waals surface area contributed by atoms with Crippen molar-refractivity contribution in [2.24, 2.45) is 0 Å². The Morgan fingerprint density at radius 2 is 1.97 bits per heavy atom. The van der Waals surface area contributed by atoms with E-state index in [0.29, 0.717) is 6.42 Å². The average Bonchev–Trinajstić information content (AvgIpc) is 3.38. The van der Waals surface area contributed by atoms with Gasteiger partial charge in [0.2, 0.25) is 10.0 Å². The van der Waals surface area contributed by atoms with E-state index in [1.165, 1.54) is 29.7 Å². The highest BCUT2D eigenvalue weighted by Gasteiger charge is 2.37. The number of fused-ring (bicyclic) bond motifs is 1. The van der Waals surface area contributed by atoms with Gasteiger partial charge in [-0.3, -0.25) is 19.5 Å². The second-order valence-electron chi connectivity index (χ2n) is 7.33. The van der Waals surface area contributed by atoms with E-state index in [4.69, 9.17) is 0 Å². The first-order valence-corrected chi connectivity index (χ1v) is 12.3. The number of hydrogen-bond donors (Lipinski definition) is 1. The Kier molecular flexibility index (Phi) is 6.18. The number of benzene rings is 1. The quantitative estimate of drug-likeness (QED) is 0.501. The molecule has 0 bridgehead atoms. The van der Waals surface area contributed by atoms with Crippen molar-refractivity contribution in [2.45, 2.75) is 37.2 Å². The molecule has 2 amide bonds. The molecule has 0 radical (unpaired) electrons. The van der Waals surface area contributed by atoms with Crippen LogP contribution in [0.25, 0.3) is 0 Å². The standard InChI is InChI=1S/C22H20FN3O4S2/c1-2-5-17(18-7-4-11-31-18)25-32(29,30)19-12-15(23)9-8-14(19)13-26-21(27)16-6-3-10-24-20(16)22(26)28/h3-4,6-12,17,25H,2,5,13H2,1H3. The molecule has 4 rings (SSSR count). The Morgan fingerprint density at radius 3 is 2.66 bits per heavy atom. The van der Waals surface area contributed by atoms with Crippen LogP contribution in [0.5, 0.6) is 0 Å². The van der Waals surface area contributed by atoms with Gasteiger partial charge in [0.25, 0.3) is 11.8 Å². The molecule has 32 heavy (non-hydrogen) atoms. The normalized spacial score (nSPS) is 14.6. The summed E-state index contributed by atoms with van der Waals surface area (Å²) in [5.74, 6) is -1.92. The van der Waals surface area contributed by atoms with Crippen LogP contribution in [0.4, 0.5) is 4.39 Å². The third-order valence-electron chi connectivity index (χ3n) is 5.14. The van der Waals surface area contributed by atoms with E-state index in [9.17, 15) is 22.4 Å². The predicted octanol–water partition coefficient (Wildman–Crippen LogP) is 3.90. The van der Waals surface area contributed by atoms with Gasteiger partial charge < -0.3 is 0 Å². The molecule has 10 heteroatoms. The lowest BCUT2D eigenvalue weighted by Crippen LogP contribution is -2.32.